The Bertz CT molecular complexity index is 814. The van der Waals surface area contributed by atoms with Crippen LogP contribution >= 0.6 is 0 Å². The van der Waals surface area contributed by atoms with Crippen molar-refractivity contribution in [3.8, 4) is 11.9 Å². The summed E-state index contributed by atoms with van der Waals surface area (Å²) < 4.78 is 11.6. The molecule has 3 rings (SSSR count). The van der Waals surface area contributed by atoms with Gasteiger partial charge in [0.15, 0.2) is 5.65 Å². The first-order valence-corrected chi connectivity index (χ1v) is 8.20. The van der Waals surface area contributed by atoms with Crippen molar-refractivity contribution in [2.45, 2.75) is 39.5 Å². The van der Waals surface area contributed by atoms with E-state index in [2.05, 4.69) is 47.7 Å². The minimum absolute atomic E-state index is 0.401. The number of aromatic nitrogens is 5. The van der Waals surface area contributed by atoms with Crippen molar-refractivity contribution in [2.75, 3.05) is 14.2 Å². The van der Waals surface area contributed by atoms with Gasteiger partial charge in [0.25, 0.3) is 0 Å². The predicted molar refractivity (Wildman–Crippen MR) is 96.3 cm³/mol. The van der Waals surface area contributed by atoms with Gasteiger partial charge in [0.05, 0.1) is 26.1 Å². The fraction of sp³-hybridized carbons (Fsp3) is 0.444. The number of fused-ring (bicyclic) bond motifs is 1. The molecule has 0 bridgehead atoms. The molecule has 0 atom stereocenters. The van der Waals surface area contributed by atoms with Crippen LogP contribution in [0.5, 0.6) is 11.9 Å². The molecule has 3 aromatic rings. The number of rotatable bonds is 4. The Morgan fingerprint density at radius 3 is 2.32 bits per heavy atom. The molecule has 0 fully saturated rings. The van der Waals surface area contributed by atoms with E-state index in [1.807, 2.05) is 18.3 Å². The number of hydrogen-bond acceptors (Lipinski definition) is 6. The van der Waals surface area contributed by atoms with E-state index in [1.54, 1.807) is 31.1 Å². The van der Waals surface area contributed by atoms with Gasteiger partial charge in [-0.2, -0.15) is 4.98 Å². The third kappa shape index (κ3) is 4.89. The largest absolute Gasteiger partial charge is 0.480 e. The number of ether oxygens (including phenoxy) is 2. The summed E-state index contributed by atoms with van der Waals surface area (Å²) in [5.74, 6) is 1.48. The van der Waals surface area contributed by atoms with Crippen LogP contribution in [-0.4, -0.2) is 38.8 Å². The Balaban J connectivity index is 0.000000186. The van der Waals surface area contributed by atoms with Gasteiger partial charge in [-0.05, 0) is 29.5 Å². The highest BCUT2D eigenvalue weighted by atomic mass is 16.5. The van der Waals surface area contributed by atoms with Gasteiger partial charge in [-0.1, -0.05) is 27.7 Å². The van der Waals surface area contributed by atoms with Crippen molar-refractivity contribution in [3.05, 3.63) is 42.0 Å². The van der Waals surface area contributed by atoms with Crippen molar-refractivity contribution >= 4 is 5.65 Å². The van der Waals surface area contributed by atoms with Crippen molar-refractivity contribution in [1.29, 1.82) is 0 Å². The van der Waals surface area contributed by atoms with E-state index < -0.39 is 0 Å². The minimum Gasteiger partial charge on any atom is -0.480 e. The minimum atomic E-state index is 0.401. The third-order valence-electron chi connectivity index (χ3n) is 3.62. The van der Waals surface area contributed by atoms with Crippen LogP contribution in [0.1, 0.15) is 50.8 Å². The molecule has 3 heterocycles. The molecule has 0 unspecified atom stereocenters. The quantitative estimate of drug-likeness (QED) is 0.722. The van der Waals surface area contributed by atoms with Gasteiger partial charge < -0.3 is 9.47 Å². The Morgan fingerprint density at radius 1 is 0.960 bits per heavy atom. The average Bonchev–Trinajstić information content (AvgIpc) is 3.04. The molecule has 7 nitrogen and oxygen atoms in total. The van der Waals surface area contributed by atoms with Gasteiger partial charge in [0, 0.05) is 12.4 Å². The summed E-state index contributed by atoms with van der Waals surface area (Å²) in [4.78, 5) is 12.4. The van der Waals surface area contributed by atoms with E-state index in [1.165, 1.54) is 5.56 Å². The second-order valence-electron chi connectivity index (χ2n) is 6.16. The van der Waals surface area contributed by atoms with Crippen molar-refractivity contribution in [1.82, 2.24) is 24.6 Å². The summed E-state index contributed by atoms with van der Waals surface area (Å²) in [5, 5.41) is 4.11. The van der Waals surface area contributed by atoms with E-state index >= 15 is 0 Å². The second-order valence-corrected chi connectivity index (χ2v) is 6.16. The highest BCUT2D eigenvalue weighted by Crippen LogP contribution is 2.16. The number of methoxy groups -OCH3 is 2. The van der Waals surface area contributed by atoms with Crippen LogP contribution in [0, 0.1) is 0 Å². The molecule has 134 valence electrons. The first-order valence-electron chi connectivity index (χ1n) is 8.20. The monoisotopic (exact) mass is 343 g/mol. The van der Waals surface area contributed by atoms with Crippen LogP contribution in [-0.2, 0) is 0 Å². The number of pyridine rings is 1. The molecule has 0 amide bonds. The van der Waals surface area contributed by atoms with Gasteiger partial charge >= 0.3 is 6.01 Å². The van der Waals surface area contributed by atoms with Crippen LogP contribution in [0.4, 0.5) is 0 Å². The maximum absolute atomic E-state index is 4.96. The molecule has 0 radical (unpaired) electrons. The molecule has 7 heteroatoms. The van der Waals surface area contributed by atoms with Gasteiger partial charge in [-0.15, -0.1) is 5.10 Å². The molecular weight excluding hydrogens is 318 g/mol. The zero-order valence-corrected chi connectivity index (χ0v) is 15.6. The van der Waals surface area contributed by atoms with E-state index in [-0.39, 0.29) is 0 Å². The van der Waals surface area contributed by atoms with Crippen LogP contribution in [0.15, 0.2) is 30.7 Å². The van der Waals surface area contributed by atoms with Crippen LogP contribution in [0.25, 0.3) is 5.65 Å². The summed E-state index contributed by atoms with van der Waals surface area (Å²) in [7, 11) is 3.16. The Kier molecular flexibility index (Phi) is 6.27. The average molecular weight is 343 g/mol. The second kappa shape index (κ2) is 8.41. The number of nitrogens with zero attached hydrogens (tertiary/aromatic N) is 5. The molecule has 0 spiro atoms. The lowest BCUT2D eigenvalue weighted by molar-refractivity contribution is 0.380. The van der Waals surface area contributed by atoms with Crippen molar-refractivity contribution in [2.24, 2.45) is 0 Å². The first-order chi connectivity index (χ1) is 11.9. The van der Waals surface area contributed by atoms with Gasteiger partial charge in [0.2, 0.25) is 5.88 Å². The highest BCUT2D eigenvalue weighted by Gasteiger charge is 2.05. The fourth-order valence-corrected chi connectivity index (χ4v) is 2.06. The van der Waals surface area contributed by atoms with Crippen molar-refractivity contribution in [3.63, 3.8) is 0 Å². The summed E-state index contributed by atoms with van der Waals surface area (Å²) in [6, 6.07) is 4.48. The lowest BCUT2D eigenvalue weighted by Crippen LogP contribution is -1.96. The molecule has 0 aliphatic heterocycles. The molecular formula is C18H25N5O2. The summed E-state index contributed by atoms with van der Waals surface area (Å²) >= 11 is 0. The molecule has 0 N–H and O–H groups in total. The van der Waals surface area contributed by atoms with E-state index in [4.69, 9.17) is 9.47 Å². The maximum Gasteiger partial charge on any atom is 0.336 e. The lowest BCUT2D eigenvalue weighted by atomic mass is 10.1. The molecule has 0 aromatic carbocycles. The zero-order valence-electron chi connectivity index (χ0n) is 15.6. The molecule has 3 aromatic heterocycles. The van der Waals surface area contributed by atoms with Gasteiger partial charge in [0.1, 0.15) is 0 Å². The Hall–Kier alpha value is -2.70. The van der Waals surface area contributed by atoms with E-state index in [9.17, 15) is 0 Å². The highest BCUT2D eigenvalue weighted by molar-refractivity contribution is 5.42. The van der Waals surface area contributed by atoms with E-state index in [0.29, 0.717) is 23.7 Å². The standard InChI is InChI=1S/C10H13N3O.C8H12N2O/c1-7(2)8-4-5-13-9(6-8)11-10(12-13)14-3;1-6(2)7-4-9-5-8(10-7)11-3/h4-7H,1-3H3;4-6H,1-3H3. The summed E-state index contributed by atoms with van der Waals surface area (Å²) in [6.45, 7) is 8.45. The van der Waals surface area contributed by atoms with Gasteiger partial charge in [-0.25, -0.2) is 9.50 Å². The van der Waals surface area contributed by atoms with Crippen LogP contribution in [0.3, 0.4) is 0 Å². The summed E-state index contributed by atoms with van der Waals surface area (Å²) in [5.41, 5.74) is 3.05. The molecule has 0 saturated heterocycles. The molecule has 25 heavy (non-hydrogen) atoms. The Labute approximate surface area is 148 Å². The summed E-state index contributed by atoms with van der Waals surface area (Å²) in [6.07, 6.45) is 5.26. The first kappa shape index (κ1) is 18.6. The smallest absolute Gasteiger partial charge is 0.336 e. The van der Waals surface area contributed by atoms with E-state index in [0.717, 1.165) is 11.3 Å². The zero-order chi connectivity index (χ0) is 18.4. The lowest BCUT2D eigenvalue weighted by Gasteiger charge is -2.04. The van der Waals surface area contributed by atoms with Gasteiger partial charge in [-0.3, -0.25) is 4.98 Å². The molecule has 0 saturated carbocycles. The normalized spacial score (nSPS) is 10.7. The third-order valence-corrected chi connectivity index (χ3v) is 3.62. The van der Waals surface area contributed by atoms with Crippen LogP contribution < -0.4 is 9.47 Å². The van der Waals surface area contributed by atoms with Crippen LogP contribution in [0.2, 0.25) is 0 Å². The number of hydrogen-bond donors (Lipinski definition) is 0. The fourth-order valence-electron chi connectivity index (χ4n) is 2.06. The molecule has 0 aliphatic rings. The topological polar surface area (TPSA) is 74.4 Å². The van der Waals surface area contributed by atoms with Crippen molar-refractivity contribution < 1.29 is 9.47 Å². The SMILES string of the molecule is COc1cncc(C(C)C)n1.COc1nc2cc(C(C)C)ccn2n1. The molecule has 0 aliphatic carbocycles. The Morgan fingerprint density at radius 2 is 1.72 bits per heavy atom. The maximum atomic E-state index is 4.96. The predicted octanol–water partition coefficient (Wildman–Crippen LogP) is 3.47.